The van der Waals surface area contributed by atoms with E-state index in [-0.39, 0.29) is 16.4 Å². The molecule has 6 heteroatoms. The van der Waals surface area contributed by atoms with Crippen LogP contribution in [-0.2, 0) is 9.16 Å². The van der Waals surface area contributed by atoms with Gasteiger partial charge in [0.05, 0.1) is 11.6 Å². The Bertz CT molecular complexity index is 1210. The average molecular weight is 548 g/mol. The standard InChI is InChI=1S/C33H49N3O2Si/c1-10-12-22(2)19-26(37-39(8,9)31(5,6)7)15-14-23(3)27-16-17-32-28(24(27)4)20-29-30(25-13-11-18-34-21-25)35-36-33(29,32)38-32/h11,13-15,18-19,21,24,27-29,36H,10,12,16-17,20H2,1-9H3/b22-19+,23-14+,26-15+/t24?,27?,28?,29?,32-,33?/m1/s1. The summed E-state index contributed by atoms with van der Waals surface area (Å²) in [7, 11) is -1.93. The molecule has 212 valence electrons. The van der Waals surface area contributed by atoms with Gasteiger partial charge in [-0.15, -0.1) is 0 Å². The third-order valence-corrected chi connectivity index (χ3v) is 14.9. The fourth-order valence-corrected chi connectivity index (χ4v) is 8.34. The molecule has 2 saturated carbocycles. The minimum Gasteiger partial charge on any atom is -0.544 e. The van der Waals surface area contributed by atoms with Crippen LogP contribution in [0.1, 0.15) is 86.1 Å². The summed E-state index contributed by atoms with van der Waals surface area (Å²) in [5, 5.41) is 4.93. The van der Waals surface area contributed by atoms with Gasteiger partial charge in [-0.3, -0.25) is 10.4 Å². The smallest absolute Gasteiger partial charge is 0.250 e. The van der Waals surface area contributed by atoms with Crippen molar-refractivity contribution in [3.63, 3.8) is 0 Å². The molecule has 0 bridgehead atoms. The van der Waals surface area contributed by atoms with Crippen molar-refractivity contribution in [3.8, 4) is 0 Å². The van der Waals surface area contributed by atoms with Gasteiger partial charge in [-0.05, 0) is 99.7 Å². The Morgan fingerprint density at radius 1 is 1.26 bits per heavy atom. The van der Waals surface area contributed by atoms with Crippen molar-refractivity contribution in [2.24, 2.45) is 28.8 Å². The first-order valence-corrected chi connectivity index (χ1v) is 18.0. The Hall–Kier alpha value is -2.18. The predicted octanol–water partition coefficient (Wildman–Crippen LogP) is 8.13. The van der Waals surface area contributed by atoms with Crippen LogP contribution in [0.15, 0.2) is 64.8 Å². The molecule has 0 aromatic carbocycles. The van der Waals surface area contributed by atoms with E-state index < -0.39 is 8.32 Å². The van der Waals surface area contributed by atoms with Gasteiger partial charge in [0.1, 0.15) is 11.4 Å². The van der Waals surface area contributed by atoms with Gasteiger partial charge in [-0.25, -0.2) is 0 Å². The van der Waals surface area contributed by atoms with Crippen LogP contribution in [0.2, 0.25) is 18.1 Å². The van der Waals surface area contributed by atoms with Crippen molar-refractivity contribution in [2.45, 2.75) is 110 Å². The van der Waals surface area contributed by atoms with Crippen LogP contribution in [0.5, 0.6) is 0 Å². The molecule has 39 heavy (non-hydrogen) atoms. The number of nitrogens with zero attached hydrogens (tertiary/aromatic N) is 2. The number of epoxide rings is 1. The highest BCUT2D eigenvalue weighted by Crippen LogP contribution is 2.72. The normalized spacial score (nSPS) is 34.6. The number of aromatic nitrogens is 1. The van der Waals surface area contributed by atoms with Crippen LogP contribution in [0.25, 0.3) is 0 Å². The van der Waals surface area contributed by atoms with E-state index in [4.69, 9.17) is 14.3 Å². The van der Waals surface area contributed by atoms with Crippen LogP contribution < -0.4 is 5.43 Å². The molecular formula is C33H49N3O2Si. The third kappa shape index (κ3) is 4.75. The Labute approximate surface area is 237 Å². The van der Waals surface area contributed by atoms with Crippen LogP contribution >= 0.6 is 0 Å². The highest BCUT2D eigenvalue weighted by molar-refractivity contribution is 6.74. The van der Waals surface area contributed by atoms with Crippen molar-refractivity contribution >= 4 is 14.0 Å². The zero-order valence-electron chi connectivity index (χ0n) is 25.6. The molecule has 5 nitrogen and oxygen atoms in total. The number of ether oxygens (including phenoxy) is 1. The minimum absolute atomic E-state index is 0.0756. The van der Waals surface area contributed by atoms with Gasteiger partial charge in [-0.2, -0.15) is 5.10 Å². The largest absolute Gasteiger partial charge is 0.544 e. The molecule has 0 amide bonds. The van der Waals surface area contributed by atoms with Crippen LogP contribution in [0.3, 0.4) is 0 Å². The fourth-order valence-electron chi connectivity index (χ4n) is 7.31. The average Bonchev–Trinajstić information content (AvgIpc) is 3.19. The maximum absolute atomic E-state index is 6.81. The molecule has 1 aromatic heterocycles. The van der Waals surface area contributed by atoms with Crippen molar-refractivity contribution in [1.82, 2.24) is 10.4 Å². The van der Waals surface area contributed by atoms with Crippen LogP contribution in [0.4, 0.5) is 0 Å². The number of hydrazone groups is 1. The Balaban J connectivity index is 1.36. The second kappa shape index (κ2) is 10.0. The topological polar surface area (TPSA) is 59.0 Å². The van der Waals surface area contributed by atoms with Gasteiger partial charge in [0.15, 0.2) is 5.72 Å². The summed E-state index contributed by atoms with van der Waals surface area (Å²) < 4.78 is 13.5. The van der Waals surface area contributed by atoms with Crippen molar-refractivity contribution in [2.75, 3.05) is 0 Å². The summed E-state index contributed by atoms with van der Waals surface area (Å²) in [5.74, 6) is 2.94. The highest BCUT2D eigenvalue weighted by Gasteiger charge is 2.84. The predicted molar refractivity (Wildman–Crippen MR) is 163 cm³/mol. The van der Waals surface area contributed by atoms with E-state index in [1.807, 2.05) is 18.5 Å². The Morgan fingerprint density at radius 3 is 2.69 bits per heavy atom. The first-order chi connectivity index (χ1) is 18.3. The molecule has 5 unspecified atom stereocenters. The molecule has 3 fully saturated rings. The van der Waals surface area contributed by atoms with Crippen molar-refractivity contribution in [1.29, 1.82) is 0 Å². The number of rotatable bonds is 8. The van der Waals surface area contributed by atoms with E-state index in [1.54, 1.807) is 0 Å². The first kappa shape index (κ1) is 28.3. The lowest BCUT2D eigenvalue weighted by molar-refractivity contribution is 0.0600. The number of pyridine rings is 1. The second-order valence-electron chi connectivity index (χ2n) is 14.1. The van der Waals surface area contributed by atoms with Gasteiger partial charge in [0, 0.05) is 18.0 Å². The summed E-state index contributed by atoms with van der Waals surface area (Å²) >= 11 is 0. The van der Waals surface area contributed by atoms with Gasteiger partial charge in [0.2, 0.25) is 8.32 Å². The van der Waals surface area contributed by atoms with Crippen molar-refractivity contribution in [3.05, 3.63) is 65.2 Å². The van der Waals surface area contributed by atoms with Gasteiger partial charge >= 0.3 is 0 Å². The second-order valence-corrected chi connectivity index (χ2v) is 18.8. The molecule has 2 aliphatic carbocycles. The summed E-state index contributed by atoms with van der Waals surface area (Å²) in [6.45, 7) is 20.8. The molecule has 0 radical (unpaired) electrons. The van der Waals surface area contributed by atoms with Crippen LogP contribution in [0, 0.1) is 23.7 Å². The zero-order chi connectivity index (χ0) is 28.2. The van der Waals surface area contributed by atoms with E-state index in [9.17, 15) is 0 Å². The lowest BCUT2D eigenvalue weighted by Crippen LogP contribution is -2.42. The molecule has 1 N–H and O–H groups in total. The van der Waals surface area contributed by atoms with Crippen LogP contribution in [-0.4, -0.2) is 30.3 Å². The monoisotopic (exact) mass is 547 g/mol. The Morgan fingerprint density at radius 2 is 2.03 bits per heavy atom. The third-order valence-electron chi connectivity index (χ3n) is 10.5. The van der Waals surface area contributed by atoms with E-state index in [0.29, 0.717) is 23.7 Å². The SMILES string of the molecule is CCC/C(C)=C/C(=C\C=C(/C)C1CC[C@]23OC24NN=C(c2cccnc2)C4CC3C1C)O[Si](C)(C)C(C)(C)C. The quantitative estimate of drug-likeness (QED) is 0.154. The fraction of sp³-hybridized carbons (Fsp3) is 0.636. The molecule has 3 heterocycles. The van der Waals surface area contributed by atoms with E-state index in [1.165, 1.54) is 11.1 Å². The van der Waals surface area contributed by atoms with Gasteiger partial charge in [0.25, 0.3) is 0 Å². The number of allylic oxidation sites excluding steroid dienone is 5. The molecule has 4 aliphatic rings. The summed E-state index contributed by atoms with van der Waals surface area (Å²) in [4.78, 5) is 4.34. The summed E-state index contributed by atoms with van der Waals surface area (Å²) in [6, 6.07) is 4.12. The number of nitrogens with one attached hydrogen (secondary N) is 1. The van der Waals surface area contributed by atoms with Crippen molar-refractivity contribution < 1.29 is 9.16 Å². The lowest BCUT2D eigenvalue weighted by Gasteiger charge is -2.39. The Kier molecular flexibility index (Phi) is 7.29. The van der Waals surface area contributed by atoms with E-state index >= 15 is 0 Å². The van der Waals surface area contributed by atoms with E-state index in [2.05, 4.69) is 96.3 Å². The zero-order valence-corrected chi connectivity index (χ0v) is 26.6. The molecule has 2 spiro atoms. The molecular weight excluding hydrogens is 498 g/mol. The highest BCUT2D eigenvalue weighted by atomic mass is 28.4. The maximum Gasteiger partial charge on any atom is 0.250 e. The summed E-state index contributed by atoms with van der Waals surface area (Å²) in [5.41, 5.74) is 8.16. The van der Waals surface area contributed by atoms with E-state index in [0.717, 1.165) is 49.1 Å². The summed E-state index contributed by atoms with van der Waals surface area (Å²) in [6.07, 6.45) is 16.2. The minimum atomic E-state index is -1.93. The first-order valence-electron chi connectivity index (χ1n) is 15.0. The molecule has 1 aromatic rings. The molecule has 2 aliphatic heterocycles. The number of hydrogen-bond donors (Lipinski definition) is 1. The van der Waals surface area contributed by atoms with Gasteiger partial charge in [-0.1, -0.05) is 58.3 Å². The lowest BCUT2D eigenvalue weighted by atomic mass is 9.65. The number of hydrogen-bond acceptors (Lipinski definition) is 5. The van der Waals surface area contributed by atoms with Gasteiger partial charge < -0.3 is 9.16 Å². The molecule has 1 saturated heterocycles. The maximum atomic E-state index is 6.81. The molecule has 6 atom stereocenters. The molecule has 5 rings (SSSR count).